The lowest BCUT2D eigenvalue weighted by molar-refractivity contribution is 0.100. The summed E-state index contributed by atoms with van der Waals surface area (Å²) in [7, 11) is -3.57. The van der Waals surface area contributed by atoms with Gasteiger partial charge in [0.05, 0.1) is 17.6 Å². The molecule has 2 aromatic heterocycles. The molecule has 2 aromatic carbocycles. The molecule has 1 unspecified atom stereocenters. The van der Waals surface area contributed by atoms with E-state index < -0.39 is 15.9 Å². The average Bonchev–Trinajstić information content (AvgIpc) is 3.34. The first-order valence-corrected chi connectivity index (χ1v) is 13.8. The van der Waals surface area contributed by atoms with Gasteiger partial charge in [-0.05, 0) is 49.4 Å². The van der Waals surface area contributed by atoms with E-state index in [9.17, 15) is 13.2 Å². The van der Waals surface area contributed by atoms with Crippen LogP contribution < -0.4 is 20.5 Å². The smallest absolute Gasteiger partial charge is 0.254 e. The number of benzene rings is 2. The molecule has 0 fully saturated rings. The second-order valence-corrected chi connectivity index (χ2v) is 10.8. The zero-order valence-electron chi connectivity index (χ0n) is 20.6. The number of fused-ring (bicyclic) bond motifs is 1. The van der Waals surface area contributed by atoms with Crippen LogP contribution in [0.4, 0.5) is 17.3 Å². The normalized spacial score (nSPS) is 14.9. The van der Waals surface area contributed by atoms with E-state index in [-0.39, 0.29) is 28.9 Å². The summed E-state index contributed by atoms with van der Waals surface area (Å²) in [6.07, 6.45) is 6.95. The molecule has 0 spiro atoms. The molecule has 0 saturated carbocycles. The van der Waals surface area contributed by atoms with Crippen LogP contribution in [0.15, 0.2) is 61.1 Å². The van der Waals surface area contributed by atoms with Crippen LogP contribution in [0.3, 0.4) is 0 Å². The van der Waals surface area contributed by atoms with Crippen molar-refractivity contribution in [3.8, 4) is 17.0 Å². The Morgan fingerprint density at radius 3 is 2.82 bits per heavy atom. The van der Waals surface area contributed by atoms with Gasteiger partial charge in [-0.3, -0.25) is 19.6 Å². The summed E-state index contributed by atoms with van der Waals surface area (Å²) in [6, 6.07) is 13.0. The second-order valence-electron chi connectivity index (χ2n) is 8.82. The third-order valence-electron chi connectivity index (χ3n) is 6.31. The molecule has 0 aliphatic heterocycles. The third-order valence-corrected chi connectivity index (χ3v) is 7.60. The van der Waals surface area contributed by atoms with Crippen molar-refractivity contribution in [1.29, 1.82) is 0 Å². The number of anilines is 3. The van der Waals surface area contributed by atoms with Crippen molar-refractivity contribution in [3.63, 3.8) is 0 Å². The van der Waals surface area contributed by atoms with Crippen LogP contribution in [0.25, 0.3) is 11.3 Å². The van der Waals surface area contributed by atoms with Gasteiger partial charge in [-0.2, -0.15) is 5.10 Å². The summed E-state index contributed by atoms with van der Waals surface area (Å²) in [5, 5.41) is 10.1. The van der Waals surface area contributed by atoms with Crippen molar-refractivity contribution in [2.24, 2.45) is 5.73 Å². The number of amides is 1. The van der Waals surface area contributed by atoms with E-state index in [1.807, 2.05) is 18.2 Å². The first-order chi connectivity index (χ1) is 18.3. The molecule has 1 amide bonds. The number of H-pyrrole nitrogens is 1. The molecule has 12 heteroatoms. The Morgan fingerprint density at radius 1 is 1.21 bits per heavy atom. The number of nitrogens with one attached hydrogen (secondary N) is 3. The maximum atomic E-state index is 12.5. The SMILES string of the molecule is CCS(=O)(=O)Nc1ccc(-c2n[nH]c(Nc3cnccn3)c2C(N)=O)cc1OC1CCCc2ccccc21. The molecule has 5 rings (SSSR count). The third kappa shape index (κ3) is 5.30. The lowest BCUT2D eigenvalue weighted by Crippen LogP contribution is -2.18. The van der Waals surface area contributed by atoms with E-state index in [4.69, 9.17) is 10.5 Å². The Morgan fingerprint density at radius 2 is 2.05 bits per heavy atom. The van der Waals surface area contributed by atoms with Crippen molar-refractivity contribution >= 4 is 33.3 Å². The highest BCUT2D eigenvalue weighted by Gasteiger charge is 2.25. The number of nitrogens with zero attached hydrogens (tertiary/aromatic N) is 3. The minimum atomic E-state index is -3.57. The summed E-state index contributed by atoms with van der Waals surface area (Å²) < 4.78 is 33.9. The molecule has 0 bridgehead atoms. The number of carbonyl (C=O) groups is 1. The van der Waals surface area contributed by atoms with Gasteiger partial charge < -0.3 is 15.8 Å². The van der Waals surface area contributed by atoms with Crippen molar-refractivity contribution in [2.75, 3.05) is 15.8 Å². The molecule has 196 valence electrons. The molecule has 1 aliphatic carbocycles. The number of primary amides is 1. The second kappa shape index (κ2) is 10.5. The Balaban J connectivity index is 1.55. The number of hydrogen-bond donors (Lipinski definition) is 4. The standard InChI is InChI=1S/C26H27N7O4S/c1-2-38(35,36)33-19-11-10-17(14-21(19)37-20-9-5-7-16-6-3-4-8-18(16)20)24-23(25(27)34)26(32-31-24)30-22-15-28-12-13-29-22/h3-4,6,8,10-15,20,33H,2,5,7,9H2,1H3,(H2,27,34)(H2,29,30,31,32). The number of aromatic amines is 1. The zero-order chi connectivity index (χ0) is 26.7. The summed E-state index contributed by atoms with van der Waals surface area (Å²) in [6.45, 7) is 1.56. The molecular weight excluding hydrogens is 506 g/mol. The summed E-state index contributed by atoms with van der Waals surface area (Å²) in [5.74, 6) is 0.174. The Kier molecular flexibility index (Phi) is 6.97. The van der Waals surface area contributed by atoms with E-state index in [0.29, 0.717) is 22.8 Å². The molecule has 2 heterocycles. The topological polar surface area (TPSA) is 165 Å². The van der Waals surface area contributed by atoms with Crippen molar-refractivity contribution in [2.45, 2.75) is 32.3 Å². The van der Waals surface area contributed by atoms with Crippen molar-refractivity contribution < 1.29 is 17.9 Å². The van der Waals surface area contributed by atoms with E-state index in [1.165, 1.54) is 24.2 Å². The molecule has 0 radical (unpaired) electrons. The van der Waals surface area contributed by atoms with Gasteiger partial charge in [-0.1, -0.05) is 30.3 Å². The predicted octanol–water partition coefficient (Wildman–Crippen LogP) is 3.93. The Bertz CT molecular complexity index is 1570. The number of hydrogen-bond acceptors (Lipinski definition) is 8. The molecule has 1 atom stereocenters. The number of sulfonamides is 1. The van der Waals surface area contributed by atoms with Gasteiger partial charge in [-0.15, -0.1) is 0 Å². The molecule has 4 aromatic rings. The molecule has 1 aliphatic rings. The van der Waals surface area contributed by atoms with E-state index in [1.54, 1.807) is 25.1 Å². The highest BCUT2D eigenvalue weighted by Crippen LogP contribution is 2.39. The fourth-order valence-corrected chi connectivity index (χ4v) is 5.10. The first-order valence-electron chi connectivity index (χ1n) is 12.1. The van der Waals surface area contributed by atoms with E-state index >= 15 is 0 Å². The van der Waals surface area contributed by atoms with Gasteiger partial charge >= 0.3 is 0 Å². The fraction of sp³-hybridized carbons (Fsp3) is 0.231. The van der Waals surface area contributed by atoms with Crippen LogP contribution in [-0.2, 0) is 16.4 Å². The maximum absolute atomic E-state index is 12.5. The number of nitrogens with two attached hydrogens (primary N) is 1. The number of aryl methyl sites for hydroxylation is 1. The van der Waals surface area contributed by atoms with Gasteiger partial charge in [-0.25, -0.2) is 13.4 Å². The monoisotopic (exact) mass is 533 g/mol. The first kappa shape index (κ1) is 25.2. The Labute approximate surface area is 219 Å². The van der Waals surface area contributed by atoms with Gasteiger partial charge in [0.1, 0.15) is 34.7 Å². The van der Waals surface area contributed by atoms with Gasteiger partial charge in [0.2, 0.25) is 10.0 Å². The van der Waals surface area contributed by atoms with Crippen LogP contribution >= 0.6 is 0 Å². The molecule has 38 heavy (non-hydrogen) atoms. The van der Waals surface area contributed by atoms with Crippen molar-refractivity contribution in [3.05, 3.63) is 77.7 Å². The van der Waals surface area contributed by atoms with Crippen LogP contribution in [0.5, 0.6) is 5.75 Å². The molecule has 0 saturated heterocycles. The predicted molar refractivity (Wildman–Crippen MR) is 144 cm³/mol. The molecular formula is C26H27N7O4S. The summed E-state index contributed by atoms with van der Waals surface area (Å²) >= 11 is 0. The highest BCUT2D eigenvalue weighted by atomic mass is 32.2. The van der Waals surface area contributed by atoms with Crippen LogP contribution in [0.2, 0.25) is 0 Å². The average molecular weight is 534 g/mol. The number of rotatable bonds is 9. The summed E-state index contributed by atoms with van der Waals surface area (Å²) in [5.41, 5.74) is 9.21. The lowest BCUT2D eigenvalue weighted by atomic mass is 9.89. The maximum Gasteiger partial charge on any atom is 0.254 e. The largest absolute Gasteiger partial charge is 0.484 e. The molecule has 11 nitrogen and oxygen atoms in total. The number of aromatic nitrogens is 4. The minimum Gasteiger partial charge on any atom is -0.484 e. The lowest BCUT2D eigenvalue weighted by Gasteiger charge is -2.27. The van der Waals surface area contributed by atoms with Gasteiger partial charge in [0, 0.05) is 18.0 Å². The zero-order valence-corrected chi connectivity index (χ0v) is 21.5. The number of carbonyl (C=O) groups excluding carboxylic acids is 1. The van der Waals surface area contributed by atoms with Crippen LogP contribution in [0.1, 0.15) is 47.4 Å². The van der Waals surface area contributed by atoms with Crippen molar-refractivity contribution in [1.82, 2.24) is 20.2 Å². The van der Waals surface area contributed by atoms with E-state index in [2.05, 4.69) is 36.3 Å². The fourth-order valence-electron chi connectivity index (χ4n) is 4.45. The summed E-state index contributed by atoms with van der Waals surface area (Å²) in [4.78, 5) is 20.6. The van der Waals surface area contributed by atoms with Gasteiger partial charge in [0.15, 0.2) is 0 Å². The highest BCUT2D eigenvalue weighted by molar-refractivity contribution is 7.92. The van der Waals surface area contributed by atoms with Crippen LogP contribution in [0, 0.1) is 0 Å². The quantitative estimate of drug-likeness (QED) is 0.251. The number of ether oxygens (including phenoxy) is 1. The van der Waals surface area contributed by atoms with Gasteiger partial charge in [0.25, 0.3) is 5.91 Å². The Hall–Kier alpha value is -4.45. The molecule has 5 N–H and O–H groups in total. The van der Waals surface area contributed by atoms with Crippen LogP contribution in [-0.4, -0.2) is 40.2 Å². The van der Waals surface area contributed by atoms with E-state index in [0.717, 1.165) is 24.8 Å². The minimum absolute atomic E-state index is 0.0942.